The molecule has 0 bridgehead atoms. The number of carbonyl (C=O) groups excluding carboxylic acids is 1. The molecule has 5 nitrogen and oxygen atoms in total. The van der Waals surface area contributed by atoms with Crippen molar-refractivity contribution in [2.75, 3.05) is 19.7 Å². The maximum absolute atomic E-state index is 12.4. The number of halogens is 2. The molecule has 2 aromatic heterocycles. The normalized spacial score (nSPS) is 21.2. The van der Waals surface area contributed by atoms with Gasteiger partial charge in [-0.05, 0) is 56.6 Å². The lowest BCUT2D eigenvalue weighted by Gasteiger charge is -2.32. The first-order valence-electron chi connectivity index (χ1n) is 12.0. The third-order valence-corrected chi connectivity index (χ3v) is 7.76. The fourth-order valence-electron chi connectivity index (χ4n) is 5.03. The smallest absolute Gasteiger partial charge is 0.272 e. The summed E-state index contributed by atoms with van der Waals surface area (Å²) in [5, 5.41) is 1.02. The van der Waals surface area contributed by atoms with Crippen molar-refractivity contribution in [3.8, 4) is 5.88 Å². The van der Waals surface area contributed by atoms with Crippen molar-refractivity contribution in [1.29, 1.82) is 0 Å². The van der Waals surface area contributed by atoms with E-state index in [9.17, 15) is 13.6 Å². The maximum Gasteiger partial charge on any atom is 0.272 e. The van der Waals surface area contributed by atoms with E-state index in [0.29, 0.717) is 24.5 Å². The fraction of sp³-hybridized carbons (Fsp3) is 0.640. The molecule has 0 amide bonds. The van der Waals surface area contributed by atoms with Crippen molar-refractivity contribution in [2.24, 2.45) is 11.8 Å². The highest BCUT2D eigenvalue weighted by Crippen LogP contribution is 2.33. The highest BCUT2D eigenvalue weighted by Gasteiger charge is 2.25. The Labute approximate surface area is 198 Å². The highest BCUT2D eigenvalue weighted by molar-refractivity contribution is 7.11. The summed E-state index contributed by atoms with van der Waals surface area (Å²) in [5.41, 5.74) is 2.14. The van der Waals surface area contributed by atoms with Crippen LogP contribution in [0.2, 0.25) is 0 Å². The van der Waals surface area contributed by atoms with Gasteiger partial charge >= 0.3 is 0 Å². The Hall–Kier alpha value is -1.93. The molecular formula is C25H33F2N3O2S. The van der Waals surface area contributed by atoms with Crippen molar-refractivity contribution in [1.82, 2.24) is 14.9 Å². The average Bonchev–Trinajstić information content (AvgIpc) is 3.21. The van der Waals surface area contributed by atoms with Gasteiger partial charge < -0.3 is 4.74 Å². The maximum atomic E-state index is 12.4. The molecular weight excluding hydrogens is 444 g/mol. The van der Waals surface area contributed by atoms with Crippen LogP contribution in [0, 0.1) is 18.8 Å². The lowest BCUT2D eigenvalue weighted by molar-refractivity contribution is -0.119. The number of thiazole rings is 1. The molecule has 1 saturated carbocycles. The van der Waals surface area contributed by atoms with Gasteiger partial charge in [-0.1, -0.05) is 18.9 Å². The standard InChI is InChI=1S/C25H33F2N3O2S/c1-17-28-14-22(33-17)13-21(31)12-19-4-2-18(3-5-19)8-10-30-11-9-20-6-7-25(29-23(20)15-30)32-16-24(26)27/h6-7,14,18-19,24H,2-5,8-13,15-16H2,1H3. The highest BCUT2D eigenvalue weighted by atomic mass is 32.1. The second-order valence-corrected chi connectivity index (χ2v) is 10.7. The molecule has 180 valence electrons. The van der Waals surface area contributed by atoms with Gasteiger partial charge in [0.2, 0.25) is 5.88 Å². The largest absolute Gasteiger partial charge is 0.472 e. The van der Waals surface area contributed by atoms with Gasteiger partial charge in [-0.25, -0.2) is 18.7 Å². The molecule has 1 aliphatic carbocycles. The number of carbonyl (C=O) groups is 1. The first-order valence-corrected chi connectivity index (χ1v) is 12.8. The second kappa shape index (κ2) is 11.5. The van der Waals surface area contributed by atoms with E-state index >= 15 is 0 Å². The summed E-state index contributed by atoms with van der Waals surface area (Å²) in [4.78, 5) is 24.6. The van der Waals surface area contributed by atoms with E-state index in [2.05, 4.69) is 14.9 Å². The van der Waals surface area contributed by atoms with Gasteiger partial charge in [0.25, 0.3) is 6.43 Å². The predicted molar refractivity (Wildman–Crippen MR) is 125 cm³/mol. The van der Waals surface area contributed by atoms with Crippen molar-refractivity contribution in [2.45, 2.75) is 71.3 Å². The SMILES string of the molecule is Cc1ncc(CC(=O)CC2CCC(CCN3CCc4ccc(OCC(F)F)nc4C3)CC2)s1. The zero-order valence-electron chi connectivity index (χ0n) is 19.3. The minimum absolute atomic E-state index is 0.286. The Morgan fingerprint density at radius 1 is 1.24 bits per heavy atom. The first-order chi connectivity index (χ1) is 15.9. The van der Waals surface area contributed by atoms with Crippen LogP contribution in [-0.4, -0.2) is 46.8 Å². The van der Waals surface area contributed by atoms with Gasteiger partial charge in [0.05, 0.1) is 10.7 Å². The number of hydrogen-bond acceptors (Lipinski definition) is 6. The van der Waals surface area contributed by atoms with Gasteiger partial charge in [0, 0.05) is 43.1 Å². The van der Waals surface area contributed by atoms with Gasteiger partial charge in [0.15, 0.2) is 6.61 Å². The molecule has 0 saturated heterocycles. The Kier molecular flexibility index (Phi) is 8.41. The fourth-order valence-corrected chi connectivity index (χ4v) is 5.85. The summed E-state index contributed by atoms with van der Waals surface area (Å²) in [7, 11) is 0. The number of pyridine rings is 1. The predicted octanol–water partition coefficient (Wildman–Crippen LogP) is 5.25. The number of rotatable bonds is 10. The van der Waals surface area contributed by atoms with Crippen LogP contribution in [-0.2, 0) is 24.2 Å². The number of Topliss-reactive ketones (excluding diaryl/α,β-unsaturated/α-hetero) is 1. The Morgan fingerprint density at radius 2 is 2.03 bits per heavy atom. The van der Waals surface area contributed by atoms with E-state index in [4.69, 9.17) is 4.74 Å². The van der Waals surface area contributed by atoms with Crippen LogP contribution in [0.5, 0.6) is 5.88 Å². The van der Waals surface area contributed by atoms with Gasteiger partial charge in [-0.2, -0.15) is 0 Å². The lowest BCUT2D eigenvalue weighted by atomic mass is 9.78. The van der Waals surface area contributed by atoms with Gasteiger partial charge in [0.1, 0.15) is 5.78 Å². The number of aryl methyl sites for hydroxylation is 1. The molecule has 2 aromatic rings. The minimum Gasteiger partial charge on any atom is -0.472 e. The summed E-state index contributed by atoms with van der Waals surface area (Å²) in [6, 6.07) is 3.65. The monoisotopic (exact) mass is 477 g/mol. The molecule has 0 N–H and O–H groups in total. The summed E-state index contributed by atoms with van der Waals surface area (Å²) < 4.78 is 29.9. The van der Waals surface area contributed by atoms with Crippen LogP contribution in [0.3, 0.4) is 0 Å². The molecule has 0 aromatic carbocycles. The summed E-state index contributed by atoms with van der Waals surface area (Å²) in [6.45, 7) is 4.15. The average molecular weight is 478 g/mol. The molecule has 33 heavy (non-hydrogen) atoms. The number of hydrogen-bond donors (Lipinski definition) is 0. The molecule has 3 heterocycles. The summed E-state index contributed by atoms with van der Waals surface area (Å²) in [6.07, 6.45) is 7.37. The number of aromatic nitrogens is 2. The van der Waals surface area contributed by atoms with Gasteiger partial charge in [-0.3, -0.25) is 9.69 Å². The van der Waals surface area contributed by atoms with E-state index in [1.54, 1.807) is 17.4 Å². The van der Waals surface area contributed by atoms with Crippen LogP contribution in [0.1, 0.15) is 59.7 Å². The lowest BCUT2D eigenvalue weighted by Crippen LogP contribution is -2.33. The van der Waals surface area contributed by atoms with Crippen LogP contribution in [0.25, 0.3) is 0 Å². The second-order valence-electron chi connectivity index (χ2n) is 9.42. The molecule has 4 rings (SSSR count). The molecule has 0 radical (unpaired) electrons. The molecule has 0 atom stereocenters. The topological polar surface area (TPSA) is 55.3 Å². The Morgan fingerprint density at radius 3 is 2.76 bits per heavy atom. The Bertz CT molecular complexity index is 928. The van der Waals surface area contributed by atoms with Gasteiger partial charge in [-0.15, -0.1) is 11.3 Å². The Balaban J connectivity index is 1.17. The van der Waals surface area contributed by atoms with Crippen LogP contribution in [0.4, 0.5) is 8.78 Å². The van der Waals surface area contributed by atoms with Crippen LogP contribution in [0.15, 0.2) is 18.3 Å². The third kappa shape index (κ3) is 7.27. The zero-order valence-corrected chi connectivity index (χ0v) is 20.1. The first kappa shape index (κ1) is 24.2. The number of ether oxygens (including phenoxy) is 1. The van der Waals surface area contributed by atoms with Crippen molar-refractivity contribution in [3.63, 3.8) is 0 Å². The van der Waals surface area contributed by atoms with Crippen LogP contribution < -0.4 is 4.74 Å². The van der Waals surface area contributed by atoms with E-state index < -0.39 is 13.0 Å². The van der Waals surface area contributed by atoms with E-state index in [1.165, 1.54) is 18.4 Å². The molecule has 2 aliphatic rings. The quantitative estimate of drug-likeness (QED) is 0.468. The molecule has 0 spiro atoms. The van der Waals surface area contributed by atoms with E-state index in [-0.39, 0.29) is 5.88 Å². The minimum atomic E-state index is -2.49. The number of alkyl halides is 2. The van der Waals surface area contributed by atoms with E-state index in [1.807, 2.05) is 19.2 Å². The summed E-state index contributed by atoms with van der Waals surface area (Å²) in [5.74, 6) is 1.88. The number of nitrogens with zero attached hydrogens (tertiary/aromatic N) is 3. The molecule has 1 fully saturated rings. The number of ketones is 1. The molecule has 8 heteroatoms. The third-order valence-electron chi connectivity index (χ3n) is 6.85. The summed E-state index contributed by atoms with van der Waals surface area (Å²) >= 11 is 1.62. The molecule has 1 aliphatic heterocycles. The van der Waals surface area contributed by atoms with E-state index in [0.717, 1.165) is 66.8 Å². The number of fused-ring (bicyclic) bond motifs is 1. The zero-order chi connectivity index (χ0) is 23.2. The van der Waals surface area contributed by atoms with Crippen molar-refractivity contribution >= 4 is 17.1 Å². The molecule has 0 unspecified atom stereocenters. The van der Waals surface area contributed by atoms with Crippen LogP contribution >= 0.6 is 11.3 Å². The van der Waals surface area contributed by atoms with Crippen molar-refractivity contribution in [3.05, 3.63) is 39.5 Å². The van der Waals surface area contributed by atoms with Crippen molar-refractivity contribution < 1.29 is 18.3 Å².